The highest BCUT2D eigenvalue weighted by molar-refractivity contribution is 6.41. The molecule has 1 atom stereocenters. The molecule has 1 unspecified atom stereocenters. The predicted octanol–water partition coefficient (Wildman–Crippen LogP) is 5.66. The van der Waals surface area contributed by atoms with Gasteiger partial charge in [-0.2, -0.15) is 0 Å². The van der Waals surface area contributed by atoms with E-state index in [-0.39, 0.29) is 6.04 Å². The summed E-state index contributed by atoms with van der Waals surface area (Å²) in [6.45, 7) is 3.81. The second-order valence-electron chi connectivity index (χ2n) is 9.07. The molecule has 8 nitrogen and oxygen atoms in total. The highest BCUT2D eigenvalue weighted by Crippen LogP contribution is 2.46. The Balaban J connectivity index is 1.58. The van der Waals surface area contributed by atoms with Crippen LogP contribution in [0.4, 0.5) is 11.6 Å². The number of halogens is 2. The molecular weight excluding hydrogens is 503 g/mol. The first kappa shape index (κ1) is 25.1. The van der Waals surface area contributed by atoms with Gasteiger partial charge < -0.3 is 29.6 Å². The van der Waals surface area contributed by atoms with E-state index in [1.54, 1.807) is 20.3 Å². The molecule has 2 aliphatic heterocycles. The average Bonchev–Trinajstić information content (AvgIpc) is 3.41. The van der Waals surface area contributed by atoms with Crippen molar-refractivity contribution in [1.29, 1.82) is 0 Å². The number of fused-ring (bicyclic) bond motifs is 1. The van der Waals surface area contributed by atoms with Crippen molar-refractivity contribution in [1.82, 2.24) is 9.97 Å². The van der Waals surface area contributed by atoms with Crippen molar-refractivity contribution in [2.24, 2.45) is 5.92 Å². The minimum Gasteiger partial charge on any atom is -0.495 e. The largest absolute Gasteiger partial charge is 0.495 e. The van der Waals surface area contributed by atoms with Crippen LogP contribution in [0.2, 0.25) is 10.0 Å². The van der Waals surface area contributed by atoms with E-state index in [0.29, 0.717) is 45.3 Å². The Morgan fingerprint density at radius 1 is 0.972 bits per heavy atom. The van der Waals surface area contributed by atoms with E-state index < -0.39 is 0 Å². The second kappa shape index (κ2) is 11.3. The number of hydrogen-bond donors (Lipinski definition) is 2. The zero-order valence-corrected chi connectivity index (χ0v) is 21.9. The maximum Gasteiger partial charge on any atom is 0.141 e. The smallest absolute Gasteiger partial charge is 0.141 e. The van der Waals surface area contributed by atoms with E-state index in [1.165, 1.54) is 0 Å². The predicted molar refractivity (Wildman–Crippen MR) is 143 cm³/mol. The molecule has 5 rings (SSSR count). The van der Waals surface area contributed by atoms with Gasteiger partial charge >= 0.3 is 0 Å². The van der Waals surface area contributed by atoms with Crippen LogP contribution in [0.3, 0.4) is 0 Å². The highest BCUT2D eigenvalue weighted by atomic mass is 35.5. The Morgan fingerprint density at radius 2 is 1.69 bits per heavy atom. The van der Waals surface area contributed by atoms with Gasteiger partial charge in [0, 0.05) is 55.0 Å². The van der Waals surface area contributed by atoms with Crippen LogP contribution in [0.5, 0.6) is 11.5 Å². The topological polar surface area (TPSA) is 86.8 Å². The SMILES string of the molecule is COc1cc(OC)c(Cl)c(-c2cc3cnc(NC4CCOC4)cc3c(NCC3CCOCC3)n2)c1Cl. The summed E-state index contributed by atoms with van der Waals surface area (Å²) in [5.74, 6) is 2.97. The van der Waals surface area contributed by atoms with E-state index in [4.69, 9.17) is 47.1 Å². The van der Waals surface area contributed by atoms with Gasteiger partial charge in [0.05, 0.1) is 42.6 Å². The van der Waals surface area contributed by atoms with E-state index in [9.17, 15) is 0 Å². The molecule has 2 aromatic heterocycles. The second-order valence-corrected chi connectivity index (χ2v) is 9.83. The molecule has 0 aliphatic carbocycles. The van der Waals surface area contributed by atoms with Crippen molar-refractivity contribution in [3.8, 4) is 22.8 Å². The van der Waals surface area contributed by atoms with Gasteiger partial charge in [0.2, 0.25) is 0 Å². The number of nitrogens with zero attached hydrogens (tertiary/aromatic N) is 2. The minimum absolute atomic E-state index is 0.252. The van der Waals surface area contributed by atoms with E-state index in [1.807, 2.05) is 18.3 Å². The van der Waals surface area contributed by atoms with Crippen molar-refractivity contribution in [3.63, 3.8) is 0 Å². The molecule has 3 aromatic rings. The number of rotatable bonds is 8. The summed E-state index contributed by atoms with van der Waals surface area (Å²) in [4.78, 5) is 9.65. The summed E-state index contributed by atoms with van der Waals surface area (Å²) in [6.07, 6.45) is 4.84. The summed E-state index contributed by atoms with van der Waals surface area (Å²) in [5.41, 5.74) is 1.16. The van der Waals surface area contributed by atoms with Crippen molar-refractivity contribution in [2.75, 3.05) is 57.8 Å². The summed E-state index contributed by atoms with van der Waals surface area (Å²) >= 11 is 13.4. The molecule has 10 heteroatoms. The van der Waals surface area contributed by atoms with Gasteiger partial charge in [-0.05, 0) is 37.3 Å². The van der Waals surface area contributed by atoms with Gasteiger partial charge in [0.1, 0.15) is 23.1 Å². The molecule has 0 bridgehead atoms. The lowest BCUT2D eigenvalue weighted by Gasteiger charge is -2.23. The van der Waals surface area contributed by atoms with E-state index in [0.717, 1.165) is 68.0 Å². The van der Waals surface area contributed by atoms with Crippen molar-refractivity contribution < 1.29 is 18.9 Å². The Kier molecular flexibility index (Phi) is 7.86. The molecule has 2 N–H and O–H groups in total. The number of nitrogens with one attached hydrogen (secondary N) is 2. The molecule has 0 amide bonds. The number of hydrogen-bond acceptors (Lipinski definition) is 8. The zero-order chi connectivity index (χ0) is 25.1. The molecule has 36 heavy (non-hydrogen) atoms. The minimum atomic E-state index is 0.252. The lowest BCUT2D eigenvalue weighted by atomic mass is 10.0. The molecular formula is C26H30Cl2N4O4. The number of benzene rings is 1. The Hall–Kier alpha value is -2.52. The third kappa shape index (κ3) is 5.27. The third-order valence-electron chi connectivity index (χ3n) is 6.72. The van der Waals surface area contributed by atoms with Crippen LogP contribution in [-0.4, -0.2) is 63.2 Å². The van der Waals surface area contributed by atoms with Crippen LogP contribution in [0.15, 0.2) is 24.4 Å². The van der Waals surface area contributed by atoms with Gasteiger partial charge in [0.25, 0.3) is 0 Å². The fourth-order valence-electron chi connectivity index (χ4n) is 4.65. The molecule has 2 fully saturated rings. The fraction of sp³-hybridized carbons (Fsp3) is 0.462. The molecule has 1 aromatic carbocycles. The first-order valence-electron chi connectivity index (χ1n) is 12.1. The van der Waals surface area contributed by atoms with Crippen LogP contribution in [0.25, 0.3) is 22.0 Å². The van der Waals surface area contributed by atoms with Crippen LogP contribution in [-0.2, 0) is 9.47 Å². The maximum absolute atomic E-state index is 6.72. The molecule has 2 aliphatic rings. The summed E-state index contributed by atoms with van der Waals surface area (Å²) in [6, 6.07) is 5.90. The van der Waals surface area contributed by atoms with E-state index in [2.05, 4.69) is 15.6 Å². The van der Waals surface area contributed by atoms with Gasteiger partial charge in [-0.25, -0.2) is 9.97 Å². The molecule has 0 saturated carbocycles. The lowest BCUT2D eigenvalue weighted by Crippen LogP contribution is -2.23. The van der Waals surface area contributed by atoms with Crippen molar-refractivity contribution in [2.45, 2.75) is 25.3 Å². The molecule has 2 saturated heterocycles. The first-order chi connectivity index (χ1) is 17.6. The molecule has 4 heterocycles. The van der Waals surface area contributed by atoms with Gasteiger partial charge in [-0.3, -0.25) is 0 Å². The Labute approximate surface area is 220 Å². The Morgan fingerprint density at radius 3 is 2.36 bits per heavy atom. The summed E-state index contributed by atoms with van der Waals surface area (Å²) in [5, 5.41) is 9.69. The third-order valence-corrected chi connectivity index (χ3v) is 7.48. The number of methoxy groups -OCH3 is 2. The fourth-order valence-corrected chi connectivity index (χ4v) is 5.34. The number of ether oxygens (including phenoxy) is 4. The van der Waals surface area contributed by atoms with Crippen LogP contribution in [0, 0.1) is 5.92 Å². The van der Waals surface area contributed by atoms with Crippen LogP contribution < -0.4 is 20.1 Å². The molecule has 0 spiro atoms. The zero-order valence-electron chi connectivity index (χ0n) is 20.4. The van der Waals surface area contributed by atoms with Gasteiger partial charge in [-0.15, -0.1) is 0 Å². The van der Waals surface area contributed by atoms with Crippen molar-refractivity contribution >= 4 is 45.6 Å². The van der Waals surface area contributed by atoms with Crippen LogP contribution >= 0.6 is 23.2 Å². The maximum atomic E-state index is 6.72. The van der Waals surface area contributed by atoms with E-state index >= 15 is 0 Å². The number of aromatic nitrogens is 2. The van der Waals surface area contributed by atoms with Gasteiger partial charge in [-0.1, -0.05) is 23.2 Å². The van der Waals surface area contributed by atoms with Crippen LogP contribution in [0.1, 0.15) is 19.3 Å². The van der Waals surface area contributed by atoms with Crippen molar-refractivity contribution in [3.05, 3.63) is 34.4 Å². The Bertz CT molecular complexity index is 1200. The monoisotopic (exact) mass is 532 g/mol. The molecule has 192 valence electrons. The standard InChI is InChI=1S/C26H30Cl2N4O4/c1-33-20-11-21(34-2)25(28)23(24(20)27)19-9-16-13-29-22(31-17-5-8-36-14-17)10-18(16)26(32-19)30-12-15-3-6-35-7-4-15/h9-11,13,15,17H,3-8,12,14H2,1-2H3,(H,29,31)(H,30,32). The quantitative estimate of drug-likeness (QED) is 0.384. The number of anilines is 2. The first-order valence-corrected chi connectivity index (χ1v) is 12.9. The summed E-state index contributed by atoms with van der Waals surface area (Å²) < 4.78 is 22.0. The summed E-state index contributed by atoms with van der Waals surface area (Å²) in [7, 11) is 3.11. The highest BCUT2D eigenvalue weighted by Gasteiger charge is 2.22. The lowest BCUT2D eigenvalue weighted by molar-refractivity contribution is 0.0699. The molecule has 0 radical (unpaired) electrons. The number of pyridine rings is 2. The normalized spacial score (nSPS) is 18.4. The van der Waals surface area contributed by atoms with Gasteiger partial charge in [0.15, 0.2) is 0 Å². The average molecular weight is 533 g/mol.